The van der Waals surface area contributed by atoms with Crippen molar-refractivity contribution < 1.29 is 17.9 Å². The molecule has 1 amide bonds. The maximum Gasteiger partial charge on any atom is 0.249 e. The van der Waals surface area contributed by atoms with Gasteiger partial charge < -0.3 is 9.30 Å². The van der Waals surface area contributed by atoms with Gasteiger partial charge >= 0.3 is 0 Å². The highest BCUT2D eigenvalue weighted by Crippen LogP contribution is 2.23. The molecule has 0 unspecified atom stereocenters. The van der Waals surface area contributed by atoms with Gasteiger partial charge in [0.05, 0.1) is 28.0 Å². The molecule has 6 nitrogen and oxygen atoms in total. The van der Waals surface area contributed by atoms with Crippen LogP contribution in [0.2, 0.25) is 0 Å². The van der Waals surface area contributed by atoms with E-state index in [1.807, 2.05) is 22.8 Å². The molecular weight excluding hydrogens is 396 g/mol. The van der Waals surface area contributed by atoms with Crippen LogP contribution in [-0.2, 0) is 21.2 Å². The summed E-state index contributed by atoms with van der Waals surface area (Å²) in [6, 6.07) is 13.9. The van der Waals surface area contributed by atoms with Crippen molar-refractivity contribution in [2.75, 3.05) is 12.9 Å². The first-order valence-corrected chi connectivity index (χ1v) is 11.4. The van der Waals surface area contributed by atoms with E-state index in [2.05, 4.69) is 11.9 Å². The Morgan fingerprint density at radius 1 is 1.18 bits per heavy atom. The molecule has 3 rings (SSSR count). The van der Waals surface area contributed by atoms with Crippen LogP contribution in [0, 0.1) is 0 Å². The third-order valence-corrected chi connectivity index (χ3v) is 7.03. The third-order valence-electron chi connectivity index (χ3n) is 4.24. The molecule has 0 aliphatic rings. The van der Waals surface area contributed by atoms with Crippen molar-refractivity contribution in [3.05, 3.63) is 53.3 Å². The second-order valence-corrected chi connectivity index (χ2v) is 9.38. The minimum absolute atomic E-state index is 0.152. The molecule has 0 saturated carbocycles. The smallest absolute Gasteiger partial charge is 0.249 e. The number of amides is 1. The molecule has 2 aromatic carbocycles. The molecule has 0 spiro atoms. The van der Waals surface area contributed by atoms with E-state index in [0.717, 1.165) is 22.4 Å². The van der Waals surface area contributed by atoms with E-state index in [9.17, 15) is 13.2 Å². The van der Waals surface area contributed by atoms with Crippen LogP contribution in [0.4, 0.5) is 0 Å². The number of benzene rings is 2. The lowest BCUT2D eigenvalue weighted by Gasteiger charge is -2.04. The van der Waals surface area contributed by atoms with Crippen molar-refractivity contribution >= 4 is 37.3 Å². The number of sulfone groups is 1. The molecule has 8 heteroatoms. The summed E-state index contributed by atoms with van der Waals surface area (Å²) in [6.07, 6.45) is 0.730. The van der Waals surface area contributed by atoms with Crippen LogP contribution in [0.15, 0.2) is 58.4 Å². The van der Waals surface area contributed by atoms with Crippen LogP contribution in [0.1, 0.15) is 19.8 Å². The van der Waals surface area contributed by atoms with Crippen LogP contribution in [-0.4, -0.2) is 31.8 Å². The Morgan fingerprint density at radius 2 is 1.93 bits per heavy atom. The highest BCUT2D eigenvalue weighted by atomic mass is 32.2. The van der Waals surface area contributed by atoms with Gasteiger partial charge in [-0.15, -0.1) is 0 Å². The standard InChI is InChI=1S/C20H22N2O4S2/c1-3-12-22-17-14-15(26-2)9-10-18(17)27-20(22)21-19(23)11-13-28(24,25)16-7-5-4-6-8-16/h4-10,14H,3,11-13H2,1-2H3. The van der Waals surface area contributed by atoms with Crippen LogP contribution >= 0.6 is 11.3 Å². The van der Waals surface area contributed by atoms with E-state index < -0.39 is 15.7 Å². The van der Waals surface area contributed by atoms with E-state index >= 15 is 0 Å². The number of nitrogens with zero attached hydrogens (tertiary/aromatic N) is 2. The molecule has 0 bridgehead atoms. The van der Waals surface area contributed by atoms with Crippen molar-refractivity contribution in [3.63, 3.8) is 0 Å². The minimum Gasteiger partial charge on any atom is -0.497 e. The van der Waals surface area contributed by atoms with Gasteiger partial charge in [-0.3, -0.25) is 4.79 Å². The van der Waals surface area contributed by atoms with Crippen molar-refractivity contribution in [2.24, 2.45) is 4.99 Å². The normalized spacial score (nSPS) is 12.4. The fourth-order valence-electron chi connectivity index (χ4n) is 2.83. The summed E-state index contributed by atoms with van der Waals surface area (Å²) in [5.74, 6) is 0.0381. The second kappa shape index (κ2) is 8.70. The molecule has 1 aromatic heterocycles. The van der Waals surface area contributed by atoms with Crippen LogP contribution < -0.4 is 9.54 Å². The molecule has 28 heavy (non-hydrogen) atoms. The Hall–Kier alpha value is -2.45. The number of thiazole rings is 1. The third kappa shape index (κ3) is 4.51. The largest absolute Gasteiger partial charge is 0.497 e. The Morgan fingerprint density at radius 3 is 2.61 bits per heavy atom. The lowest BCUT2D eigenvalue weighted by atomic mass is 10.3. The van der Waals surface area contributed by atoms with Crippen molar-refractivity contribution in [1.29, 1.82) is 0 Å². The predicted molar refractivity (Wildman–Crippen MR) is 110 cm³/mol. The zero-order chi connectivity index (χ0) is 20.1. The number of fused-ring (bicyclic) bond motifs is 1. The van der Waals surface area contributed by atoms with E-state index in [-0.39, 0.29) is 17.1 Å². The summed E-state index contributed by atoms with van der Waals surface area (Å²) >= 11 is 1.41. The Kier molecular flexibility index (Phi) is 6.31. The van der Waals surface area contributed by atoms with Crippen molar-refractivity contribution in [1.82, 2.24) is 4.57 Å². The predicted octanol–water partition coefficient (Wildman–Crippen LogP) is 3.41. The summed E-state index contributed by atoms with van der Waals surface area (Å²) in [7, 11) is -1.89. The van der Waals surface area contributed by atoms with Gasteiger partial charge in [-0.1, -0.05) is 36.5 Å². The molecule has 148 valence electrons. The van der Waals surface area contributed by atoms with Gasteiger partial charge in [0, 0.05) is 19.0 Å². The number of hydrogen-bond acceptors (Lipinski definition) is 5. The second-order valence-electron chi connectivity index (χ2n) is 6.26. The number of hydrogen-bond donors (Lipinski definition) is 0. The topological polar surface area (TPSA) is 77.7 Å². The first-order chi connectivity index (χ1) is 13.4. The molecule has 3 aromatic rings. The highest BCUT2D eigenvalue weighted by Gasteiger charge is 2.16. The number of carbonyl (C=O) groups is 1. The Balaban J connectivity index is 1.87. The molecule has 0 fully saturated rings. The van der Waals surface area contributed by atoms with Gasteiger partial charge in [0.25, 0.3) is 0 Å². The van der Waals surface area contributed by atoms with Gasteiger partial charge in [0.1, 0.15) is 5.75 Å². The van der Waals surface area contributed by atoms with E-state index in [1.165, 1.54) is 23.5 Å². The first-order valence-electron chi connectivity index (χ1n) is 8.97. The number of rotatable bonds is 7. The van der Waals surface area contributed by atoms with Crippen molar-refractivity contribution in [3.8, 4) is 5.75 Å². The average Bonchev–Trinajstić information content (AvgIpc) is 3.04. The molecule has 0 atom stereocenters. The quantitative estimate of drug-likeness (QED) is 0.589. The van der Waals surface area contributed by atoms with Gasteiger partial charge in [-0.05, 0) is 30.7 Å². The summed E-state index contributed by atoms with van der Waals surface area (Å²) in [4.78, 5) is 17.4. The maximum absolute atomic E-state index is 12.4. The van der Waals surface area contributed by atoms with E-state index in [0.29, 0.717) is 11.3 Å². The number of carbonyl (C=O) groups excluding carboxylic acids is 1. The number of methoxy groups -OCH3 is 1. The fourth-order valence-corrected chi connectivity index (χ4v) is 5.14. The lowest BCUT2D eigenvalue weighted by Crippen LogP contribution is -2.18. The van der Waals surface area contributed by atoms with Crippen LogP contribution in [0.3, 0.4) is 0 Å². The molecular formula is C20H22N2O4S2. The summed E-state index contributed by atoms with van der Waals surface area (Å²) in [5, 5.41) is 0. The zero-order valence-corrected chi connectivity index (χ0v) is 17.4. The zero-order valence-electron chi connectivity index (χ0n) is 15.8. The van der Waals surface area contributed by atoms with Gasteiger partial charge in [0.2, 0.25) is 5.91 Å². The molecule has 0 radical (unpaired) electrons. The highest BCUT2D eigenvalue weighted by molar-refractivity contribution is 7.91. The molecule has 1 heterocycles. The van der Waals surface area contributed by atoms with Crippen LogP contribution in [0.25, 0.3) is 10.2 Å². The van der Waals surface area contributed by atoms with Gasteiger partial charge in [-0.25, -0.2) is 8.42 Å². The summed E-state index contributed by atoms with van der Waals surface area (Å²) in [6.45, 7) is 2.76. The van der Waals surface area contributed by atoms with E-state index in [1.54, 1.807) is 25.3 Å². The fraction of sp³-hybridized carbons (Fsp3) is 0.300. The molecule has 0 N–H and O–H groups in total. The molecule has 0 aliphatic heterocycles. The Labute approximate surface area is 168 Å². The summed E-state index contributed by atoms with van der Waals surface area (Å²) < 4.78 is 33.0. The number of ether oxygens (including phenoxy) is 1. The first kappa shape index (κ1) is 20.3. The SMILES string of the molecule is CCCn1c(=NC(=O)CCS(=O)(=O)c2ccccc2)sc2ccc(OC)cc21. The minimum atomic E-state index is -3.50. The van der Waals surface area contributed by atoms with Gasteiger partial charge in [-0.2, -0.15) is 4.99 Å². The average molecular weight is 419 g/mol. The monoisotopic (exact) mass is 418 g/mol. The molecule has 0 saturated heterocycles. The van der Waals surface area contributed by atoms with E-state index in [4.69, 9.17) is 4.74 Å². The summed E-state index contributed by atoms with van der Waals surface area (Å²) in [5.41, 5.74) is 0.953. The van der Waals surface area contributed by atoms with Crippen molar-refractivity contribution in [2.45, 2.75) is 31.2 Å². The molecule has 0 aliphatic carbocycles. The number of aromatic nitrogens is 1. The Bertz CT molecular complexity index is 1150. The van der Waals surface area contributed by atoms with Crippen LogP contribution in [0.5, 0.6) is 5.75 Å². The maximum atomic E-state index is 12.4. The lowest BCUT2D eigenvalue weighted by molar-refractivity contribution is -0.117. The van der Waals surface area contributed by atoms with Gasteiger partial charge in [0.15, 0.2) is 14.6 Å². The number of aryl methyl sites for hydroxylation is 1.